The van der Waals surface area contributed by atoms with E-state index in [0.717, 1.165) is 30.6 Å². The van der Waals surface area contributed by atoms with Crippen molar-refractivity contribution in [2.24, 2.45) is 5.92 Å². The molecule has 0 radical (unpaired) electrons. The molecule has 0 fully saturated rings. The molecule has 3 heteroatoms. The van der Waals surface area contributed by atoms with E-state index in [4.69, 9.17) is 9.47 Å². The van der Waals surface area contributed by atoms with Crippen LogP contribution in [-0.4, -0.2) is 19.2 Å². The maximum Gasteiger partial charge on any atom is 0.337 e. The van der Waals surface area contributed by atoms with E-state index in [-0.39, 0.29) is 18.0 Å². The molecule has 0 saturated carbocycles. The standard InChI is InChI=1S/C19H30O3/c1-3-4-5-6-7-8-9-10-13-17-18(19(20)21-2)15-12-11-14-16(15)22-17/h11,14-16H,3-10,12-13H2,1-2H3/t15-,16+/m0/s1. The Morgan fingerprint density at radius 3 is 2.55 bits per heavy atom. The number of hydrogen-bond donors (Lipinski definition) is 0. The molecule has 0 amide bonds. The predicted molar refractivity (Wildman–Crippen MR) is 88.4 cm³/mol. The van der Waals surface area contributed by atoms with Crippen LogP contribution in [0.4, 0.5) is 0 Å². The zero-order valence-corrected chi connectivity index (χ0v) is 14.1. The van der Waals surface area contributed by atoms with E-state index in [0.29, 0.717) is 0 Å². The summed E-state index contributed by atoms with van der Waals surface area (Å²) in [7, 11) is 1.46. The molecule has 0 bridgehead atoms. The number of fused-ring (bicyclic) bond motifs is 1. The fourth-order valence-corrected chi connectivity index (χ4v) is 3.45. The van der Waals surface area contributed by atoms with Gasteiger partial charge in [0.25, 0.3) is 0 Å². The normalized spacial score (nSPS) is 22.8. The largest absolute Gasteiger partial charge is 0.489 e. The highest BCUT2D eigenvalue weighted by Gasteiger charge is 2.40. The minimum Gasteiger partial charge on any atom is -0.489 e. The van der Waals surface area contributed by atoms with E-state index in [2.05, 4.69) is 19.1 Å². The lowest BCUT2D eigenvalue weighted by Gasteiger charge is -2.09. The molecule has 0 spiro atoms. The molecule has 1 aliphatic heterocycles. The smallest absolute Gasteiger partial charge is 0.337 e. The Kier molecular flexibility index (Phi) is 7.01. The van der Waals surface area contributed by atoms with E-state index in [9.17, 15) is 4.79 Å². The Morgan fingerprint density at radius 1 is 1.18 bits per heavy atom. The average molecular weight is 306 g/mol. The number of carbonyl (C=O) groups excluding carboxylic acids is 1. The van der Waals surface area contributed by atoms with Gasteiger partial charge in [0.2, 0.25) is 0 Å². The van der Waals surface area contributed by atoms with Crippen molar-refractivity contribution in [1.29, 1.82) is 0 Å². The molecule has 1 aliphatic carbocycles. The lowest BCUT2D eigenvalue weighted by molar-refractivity contribution is -0.136. The first-order valence-corrected chi connectivity index (χ1v) is 8.92. The molecule has 124 valence electrons. The van der Waals surface area contributed by atoms with E-state index < -0.39 is 0 Å². The van der Waals surface area contributed by atoms with Crippen LogP contribution in [0.2, 0.25) is 0 Å². The third-order valence-corrected chi connectivity index (χ3v) is 4.72. The molecule has 22 heavy (non-hydrogen) atoms. The van der Waals surface area contributed by atoms with Crippen molar-refractivity contribution in [3.63, 3.8) is 0 Å². The molecule has 1 heterocycles. The second-order valence-corrected chi connectivity index (χ2v) is 6.41. The molecule has 2 atom stereocenters. The average Bonchev–Trinajstić information content (AvgIpc) is 3.09. The zero-order valence-electron chi connectivity index (χ0n) is 14.1. The molecule has 2 aliphatic rings. The number of carbonyl (C=O) groups is 1. The summed E-state index contributed by atoms with van der Waals surface area (Å²) >= 11 is 0. The van der Waals surface area contributed by atoms with Crippen molar-refractivity contribution in [2.45, 2.75) is 77.2 Å². The third kappa shape index (κ3) is 4.37. The number of allylic oxidation sites excluding steroid dienone is 2. The number of methoxy groups -OCH3 is 1. The highest BCUT2D eigenvalue weighted by molar-refractivity contribution is 5.90. The van der Waals surface area contributed by atoms with Gasteiger partial charge in [0.1, 0.15) is 11.9 Å². The number of unbranched alkanes of at least 4 members (excludes halogenated alkanes) is 7. The number of ether oxygens (including phenoxy) is 2. The lowest BCUT2D eigenvalue weighted by atomic mass is 9.95. The van der Waals surface area contributed by atoms with Gasteiger partial charge in [-0.05, 0) is 18.9 Å². The van der Waals surface area contributed by atoms with Crippen LogP contribution in [0.5, 0.6) is 0 Å². The molecule has 0 N–H and O–H groups in total. The second-order valence-electron chi connectivity index (χ2n) is 6.41. The predicted octanol–water partition coefficient (Wildman–Crippen LogP) is 4.92. The summed E-state index contributed by atoms with van der Waals surface area (Å²) < 4.78 is 10.9. The second kappa shape index (κ2) is 9.02. The summed E-state index contributed by atoms with van der Waals surface area (Å²) in [6, 6.07) is 0. The van der Waals surface area contributed by atoms with Crippen molar-refractivity contribution >= 4 is 5.97 Å². The van der Waals surface area contributed by atoms with Crippen molar-refractivity contribution in [3.05, 3.63) is 23.5 Å². The van der Waals surface area contributed by atoms with Crippen LogP contribution in [-0.2, 0) is 14.3 Å². The molecule has 0 aromatic rings. The van der Waals surface area contributed by atoms with Crippen LogP contribution in [0.3, 0.4) is 0 Å². The van der Waals surface area contributed by atoms with Crippen LogP contribution < -0.4 is 0 Å². The zero-order chi connectivity index (χ0) is 15.8. The first kappa shape index (κ1) is 17.1. The number of rotatable bonds is 10. The maximum absolute atomic E-state index is 12.0. The van der Waals surface area contributed by atoms with E-state index in [1.54, 1.807) is 0 Å². The third-order valence-electron chi connectivity index (χ3n) is 4.72. The fourth-order valence-electron chi connectivity index (χ4n) is 3.45. The van der Waals surface area contributed by atoms with Gasteiger partial charge < -0.3 is 9.47 Å². The molecule has 0 aromatic carbocycles. The van der Waals surface area contributed by atoms with Crippen LogP contribution in [0.1, 0.15) is 71.1 Å². The van der Waals surface area contributed by atoms with Crippen molar-refractivity contribution in [1.82, 2.24) is 0 Å². The summed E-state index contributed by atoms with van der Waals surface area (Å²) in [4.78, 5) is 12.0. The summed E-state index contributed by atoms with van der Waals surface area (Å²) in [5.74, 6) is 0.874. The summed E-state index contributed by atoms with van der Waals surface area (Å²) in [5, 5.41) is 0. The van der Waals surface area contributed by atoms with Gasteiger partial charge in [0.15, 0.2) is 0 Å². The highest BCUT2D eigenvalue weighted by atomic mass is 16.5. The van der Waals surface area contributed by atoms with Gasteiger partial charge in [0, 0.05) is 12.3 Å². The molecular formula is C19H30O3. The molecule has 0 saturated heterocycles. The molecule has 0 aromatic heterocycles. The van der Waals surface area contributed by atoms with E-state index >= 15 is 0 Å². The van der Waals surface area contributed by atoms with E-state index in [1.807, 2.05) is 0 Å². The minimum absolute atomic E-state index is 0.0677. The topological polar surface area (TPSA) is 35.5 Å². The Labute approximate surface area is 134 Å². The summed E-state index contributed by atoms with van der Waals surface area (Å²) in [6.45, 7) is 2.25. The van der Waals surface area contributed by atoms with Crippen LogP contribution in [0.15, 0.2) is 23.5 Å². The van der Waals surface area contributed by atoms with Crippen molar-refractivity contribution in [2.75, 3.05) is 7.11 Å². The van der Waals surface area contributed by atoms with Gasteiger partial charge in [-0.15, -0.1) is 0 Å². The van der Waals surface area contributed by atoms with Crippen molar-refractivity contribution in [3.8, 4) is 0 Å². The lowest BCUT2D eigenvalue weighted by Crippen LogP contribution is -2.16. The van der Waals surface area contributed by atoms with Crippen LogP contribution in [0, 0.1) is 5.92 Å². The Hall–Kier alpha value is -1.25. The molecule has 0 unspecified atom stereocenters. The van der Waals surface area contributed by atoms with Gasteiger partial charge in [-0.3, -0.25) is 0 Å². The fraction of sp³-hybridized carbons (Fsp3) is 0.737. The van der Waals surface area contributed by atoms with Gasteiger partial charge in [-0.25, -0.2) is 4.79 Å². The van der Waals surface area contributed by atoms with E-state index in [1.165, 1.54) is 52.1 Å². The van der Waals surface area contributed by atoms with Gasteiger partial charge >= 0.3 is 5.97 Å². The highest BCUT2D eigenvalue weighted by Crippen LogP contribution is 2.40. The molecule has 3 nitrogen and oxygen atoms in total. The quantitative estimate of drug-likeness (QED) is 0.326. The summed E-state index contributed by atoms with van der Waals surface area (Å²) in [6.07, 6.45) is 16.4. The summed E-state index contributed by atoms with van der Waals surface area (Å²) in [5.41, 5.74) is 0.792. The van der Waals surface area contributed by atoms with Gasteiger partial charge in [0.05, 0.1) is 12.7 Å². The monoisotopic (exact) mass is 306 g/mol. The first-order valence-electron chi connectivity index (χ1n) is 8.92. The maximum atomic E-state index is 12.0. The van der Waals surface area contributed by atoms with Crippen molar-refractivity contribution < 1.29 is 14.3 Å². The molecular weight excluding hydrogens is 276 g/mol. The van der Waals surface area contributed by atoms with Crippen LogP contribution >= 0.6 is 0 Å². The first-order chi connectivity index (χ1) is 10.8. The SMILES string of the molecule is CCCCCCCCCCC1=C(C(=O)OC)[C@H]2CC=C[C@H]2O1. The molecule has 2 rings (SSSR count). The Morgan fingerprint density at radius 2 is 1.86 bits per heavy atom. The van der Waals surface area contributed by atoms with Gasteiger partial charge in [-0.1, -0.05) is 57.9 Å². The van der Waals surface area contributed by atoms with Gasteiger partial charge in [-0.2, -0.15) is 0 Å². The Balaban J connectivity index is 1.72. The number of hydrogen-bond acceptors (Lipinski definition) is 3. The van der Waals surface area contributed by atoms with Crippen LogP contribution in [0.25, 0.3) is 0 Å². The minimum atomic E-state index is -0.203. The number of esters is 1. The Bertz CT molecular complexity index is 422.